The van der Waals surface area contributed by atoms with Crippen molar-refractivity contribution in [3.05, 3.63) is 0 Å². The summed E-state index contributed by atoms with van der Waals surface area (Å²) in [5, 5.41) is 3.63. The molecule has 3 atom stereocenters. The number of hydrogen-bond donors (Lipinski definition) is 1. The zero-order chi connectivity index (χ0) is 12.3. The van der Waals surface area contributed by atoms with E-state index in [0.29, 0.717) is 12.1 Å². The number of fused-ring (bicyclic) bond motifs is 1. The molecule has 17 heavy (non-hydrogen) atoms. The van der Waals surface area contributed by atoms with E-state index in [2.05, 4.69) is 35.9 Å². The normalized spacial score (nSPS) is 30.2. The summed E-state index contributed by atoms with van der Waals surface area (Å²) in [4.78, 5) is 5.40. The summed E-state index contributed by atoms with van der Waals surface area (Å²) in [5.74, 6) is 0. The van der Waals surface area contributed by atoms with Gasteiger partial charge < -0.3 is 5.32 Å². The summed E-state index contributed by atoms with van der Waals surface area (Å²) in [7, 11) is 0. The van der Waals surface area contributed by atoms with Crippen molar-refractivity contribution in [2.45, 2.75) is 58.2 Å². The highest BCUT2D eigenvalue weighted by molar-refractivity contribution is 4.91. The van der Waals surface area contributed by atoms with Crippen LogP contribution in [0.5, 0.6) is 0 Å². The highest BCUT2D eigenvalue weighted by Crippen LogP contribution is 2.23. The lowest BCUT2D eigenvalue weighted by atomic mass is 10.0. The Morgan fingerprint density at radius 3 is 2.76 bits per heavy atom. The third-order valence-electron chi connectivity index (χ3n) is 4.68. The molecule has 2 saturated heterocycles. The monoisotopic (exact) mass is 239 g/mol. The molecule has 0 amide bonds. The molecule has 0 aromatic rings. The van der Waals surface area contributed by atoms with Crippen LogP contribution in [0.25, 0.3) is 0 Å². The Morgan fingerprint density at radius 2 is 2.06 bits per heavy atom. The predicted molar refractivity (Wildman–Crippen MR) is 73.4 cm³/mol. The first kappa shape index (κ1) is 13.3. The van der Waals surface area contributed by atoms with Gasteiger partial charge in [0.1, 0.15) is 0 Å². The lowest BCUT2D eigenvalue weighted by Gasteiger charge is -2.43. The Hall–Kier alpha value is -0.120. The minimum Gasteiger partial charge on any atom is -0.313 e. The molecule has 1 N–H and O–H groups in total. The van der Waals surface area contributed by atoms with E-state index in [1.165, 1.54) is 45.4 Å². The summed E-state index contributed by atoms with van der Waals surface area (Å²) in [6.45, 7) is 13.2. The SMILES string of the molecule is CCNC(CC)C(C)N1CCN2CCCC2C1. The molecule has 2 heterocycles. The molecule has 100 valence electrons. The van der Waals surface area contributed by atoms with Gasteiger partial charge in [0.25, 0.3) is 0 Å². The third-order valence-corrected chi connectivity index (χ3v) is 4.68. The topological polar surface area (TPSA) is 18.5 Å². The Balaban J connectivity index is 1.88. The first-order chi connectivity index (χ1) is 8.26. The standard InChI is InChI=1S/C14H29N3/c1-4-14(15-5-2)12(3)17-10-9-16-8-6-7-13(16)11-17/h12-15H,4-11H2,1-3H3. The minimum atomic E-state index is 0.660. The van der Waals surface area contributed by atoms with E-state index < -0.39 is 0 Å². The van der Waals surface area contributed by atoms with Crippen LogP contribution in [0.1, 0.15) is 40.0 Å². The molecule has 0 aliphatic carbocycles. The second kappa shape index (κ2) is 6.17. The summed E-state index contributed by atoms with van der Waals surface area (Å²) in [6, 6.07) is 2.20. The van der Waals surface area contributed by atoms with Crippen molar-refractivity contribution in [1.82, 2.24) is 15.1 Å². The number of nitrogens with zero attached hydrogens (tertiary/aromatic N) is 2. The molecule has 2 aliphatic heterocycles. The average Bonchev–Trinajstić information content (AvgIpc) is 2.82. The lowest BCUT2D eigenvalue weighted by molar-refractivity contribution is 0.0627. The van der Waals surface area contributed by atoms with E-state index in [0.717, 1.165) is 12.6 Å². The number of likely N-dealkylation sites (N-methyl/N-ethyl adjacent to an activating group) is 1. The van der Waals surface area contributed by atoms with Crippen LogP contribution in [-0.4, -0.2) is 60.6 Å². The fourth-order valence-corrected chi connectivity index (χ4v) is 3.56. The quantitative estimate of drug-likeness (QED) is 0.785. The number of piperazine rings is 1. The molecule has 3 nitrogen and oxygen atoms in total. The van der Waals surface area contributed by atoms with Crippen molar-refractivity contribution in [3.63, 3.8) is 0 Å². The van der Waals surface area contributed by atoms with Gasteiger partial charge in [0.05, 0.1) is 0 Å². The van der Waals surface area contributed by atoms with Gasteiger partial charge in [-0.3, -0.25) is 9.80 Å². The van der Waals surface area contributed by atoms with Crippen LogP contribution in [0.3, 0.4) is 0 Å². The van der Waals surface area contributed by atoms with Crippen molar-refractivity contribution in [3.8, 4) is 0 Å². The molecule has 0 spiro atoms. The van der Waals surface area contributed by atoms with Crippen LogP contribution in [0.4, 0.5) is 0 Å². The Morgan fingerprint density at radius 1 is 1.24 bits per heavy atom. The van der Waals surface area contributed by atoms with Gasteiger partial charge in [-0.05, 0) is 39.3 Å². The molecular formula is C14H29N3. The van der Waals surface area contributed by atoms with Crippen molar-refractivity contribution in [2.75, 3.05) is 32.7 Å². The highest BCUT2D eigenvalue weighted by Gasteiger charge is 2.33. The molecule has 0 aromatic heterocycles. The predicted octanol–water partition coefficient (Wildman–Crippen LogP) is 1.54. The maximum Gasteiger partial charge on any atom is 0.0224 e. The zero-order valence-electron chi connectivity index (χ0n) is 11.8. The van der Waals surface area contributed by atoms with Gasteiger partial charge in [0, 0.05) is 37.8 Å². The Kier molecular flexibility index (Phi) is 4.83. The number of rotatable bonds is 5. The van der Waals surface area contributed by atoms with Gasteiger partial charge in [-0.1, -0.05) is 13.8 Å². The van der Waals surface area contributed by atoms with Crippen LogP contribution in [0.2, 0.25) is 0 Å². The fourth-order valence-electron chi connectivity index (χ4n) is 3.56. The first-order valence-electron chi connectivity index (χ1n) is 7.47. The minimum absolute atomic E-state index is 0.660. The summed E-state index contributed by atoms with van der Waals surface area (Å²) >= 11 is 0. The average molecular weight is 239 g/mol. The highest BCUT2D eigenvalue weighted by atomic mass is 15.3. The second-order valence-corrected chi connectivity index (χ2v) is 5.64. The molecule has 3 heteroatoms. The molecule has 0 aromatic carbocycles. The van der Waals surface area contributed by atoms with Crippen LogP contribution in [-0.2, 0) is 0 Å². The summed E-state index contributed by atoms with van der Waals surface area (Å²) in [5.41, 5.74) is 0. The molecule has 0 radical (unpaired) electrons. The van der Waals surface area contributed by atoms with Gasteiger partial charge >= 0.3 is 0 Å². The van der Waals surface area contributed by atoms with Crippen LogP contribution < -0.4 is 5.32 Å². The van der Waals surface area contributed by atoms with Crippen LogP contribution >= 0.6 is 0 Å². The van der Waals surface area contributed by atoms with Gasteiger partial charge in [-0.15, -0.1) is 0 Å². The maximum atomic E-state index is 3.63. The fraction of sp³-hybridized carbons (Fsp3) is 1.00. The van der Waals surface area contributed by atoms with E-state index in [1.54, 1.807) is 0 Å². The zero-order valence-corrected chi connectivity index (χ0v) is 11.8. The van der Waals surface area contributed by atoms with E-state index in [9.17, 15) is 0 Å². The largest absolute Gasteiger partial charge is 0.313 e. The smallest absolute Gasteiger partial charge is 0.0224 e. The third kappa shape index (κ3) is 3.01. The maximum absolute atomic E-state index is 3.63. The van der Waals surface area contributed by atoms with E-state index in [1.807, 2.05) is 0 Å². The van der Waals surface area contributed by atoms with E-state index >= 15 is 0 Å². The lowest BCUT2D eigenvalue weighted by Crippen LogP contribution is -2.57. The van der Waals surface area contributed by atoms with E-state index in [4.69, 9.17) is 0 Å². The van der Waals surface area contributed by atoms with Crippen molar-refractivity contribution < 1.29 is 0 Å². The van der Waals surface area contributed by atoms with Crippen LogP contribution in [0, 0.1) is 0 Å². The van der Waals surface area contributed by atoms with Crippen LogP contribution in [0.15, 0.2) is 0 Å². The summed E-state index contributed by atoms with van der Waals surface area (Å²) in [6.07, 6.45) is 4.07. The number of hydrogen-bond acceptors (Lipinski definition) is 3. The summed E-state index contributed by atoms with van der Waals surface area (Å²) < 4.78 is 0. The molecule has 0 saturated carbocycles. The molecule has 3 unspecified atom stereocenters. The second-order valence-electron chi connectivity index (χ2n) is 5.64. The van der Waals surface area contributed by atoms with E-state index in [-0.39, 0.29) is 0 Å². The molecule has 2 aliphatic rings. The van der Waals surface area contributed by atoms with Crippen molar-refractivity contribution in [2.24, 2.45) is 0 Å². The number of nitrogens with one attached hydrogen (secondary N) is 1. The first-order valence-corrected chi connectivity index (χ1v) is 7.47. The molecule has 2 fully saturated rings. The van der Waals surface area contributed by atoms with Crippen molar-refractivity contribution in [1.29, 1.82) is 0 Å². The Labute approximate surface area is 107 Å². The van der Waals surface area contributed by atoms with Gasteiger partial charge in [0.15, 0.2) is 0 Å². The Bertz CT molecular complexity index is 232. The molecular weight excluding hydrogens is 210 g/mol. The van der Waals surface area contributed by atoms with Gasteiger partial charge in [0.2, 0.25) is 0 Å². The van der Waals surface area contributed by atoms with Gasteiger partial charge in [-0.25, -0.2) is 0 Å². The van der Waals surface area contributed by atoms with Crippen molar-refractivity contribution >= 4 is 0 Å². The molecule has 2 rings (SSSR count). The molecule has 0 bridgehead atoms. The van der Waals surface area contributed by atoms with Gasteiger partial charge in [-0.2, -0.15) is 0 Å².